The molecule has 2 nitrogen and oxygen atoms in total. The minimum Gasteiger partial charge on any atom is -0.376 e. The molecular formula is C15H32O2Si2. The van der Waals surface area contributed by atoms with Crippen molar-refractivity contribution >= 4 is 17.6 Å². The highest BCUT2D eigenvalue weighted by molar-refractivity contribution is 6.67. The second kappa shape index (κ2) is 6.41. The Morgan fingerprint density at radius 3 is 1.74 bits per heavy atom. The van der Waals surface area contributed by atoms with Gasteiger partial charge in [-0.3, -0.25) is 0 Å². The van der Waals surface area contributed by atoms with Crippen molar-refractivity contribution in [3.05, 3.63) is 0 Å². The molecule has 3 atom stereocenters. The fourth-order valence-electron chi connectivity index (χ4n) is 4.38. The predicted octanol–water partition coefficient (Wildman–Crippen LogP) is 3.31. The van der Waals surface area contributed by atoms with Crippen LogP contribution < -0.4 is 0 Å². The van der Waals surface area contributed by atoms with Crippen LogP contribution in [0.5, 0.6) is 0 Å². The second-order valence-corrected chi connectivity index (χ2v) is 13.6. The topological polar surface area (TPSA) is 18.5 Å². The highest BCUT2D eigenvalue weighted by atomic mass is 28.3. The third-order valence-electron chi connectivity index (χ3n) is 5.66. The smallest absolute Gasteiger partial charge is 0.0800 e. The molecule has 112 valence electrons. The summed E-state index contributed by atoms with van der Waals surface area (Å²) in [5, 5.41) is 0.300. The van der Waals surface area contributed by atoms with Crippen LogP contribution in [0.25, 0.3) is 0 Å². The van der Waals surface area contributed by atoms with Gasteiger partial charge in [0, 0.05) is 13.2 Å². The molecule has 3 unspecified atom stereocenters. The van der Waals surface area contributed by atoms with Gasteiger partial charge in [-0.1, -0.05) is 32.6 Å². The van der Waals surface area contributed by atoms with Crippen molar-refractivity contribution in [3.8, 4) is 0 Å². The minimum atomic E-state index is -0.911. The summed E-state index contributed by atoms with van der Waals surface area (Å²) in [6.45, 7) is 11.8. The SMILES string of the molecule is CC[SiH](C)C1(C2([SiH](C)C)CCCCO2)CCCCO1. The van der Waals surface area contributed by atoms with Crippen LogP contribution in [0, 0.1) is 0 Å². The fraction of sp³-hybridized carbons (Fsp3) is 1.00. The molecule has 0 N–H and O–H groups in total. The molecule has 4 heteroatoms. The molecule has 2 saturated heterocycles. The van der Waals surface area contributed by atoms with Crippen LogP contribution in [0.4, 0.5) is 0 Å². The van der Waals surface area contributed by atoms with E-state index in [4.69, 9.17) is 9.47 Å². The molecule has 0 aromatic rings. The van der Waals surface area contributed by atoms with Crippen LogP contribution in [0.2, 0.25) is 25.7 Å². The van der Waals surface area contributed by atoms with Crippen molar-refractivity contribution < 1.29 is 9.47 Å². The molecule has 0 aliphatic carbocycles. The van der Waals surface area contributed by atoms with Crippen LogP contribution >= 0.6 is 0 Å². The predicted molar refractivity (Wildman–Crippen MR) is 87.4 cm³/mol. The van der Waals surface area contributed by atoms with Crippen LogP contribution in [-0.2, 0) is 9.47 Å². The van der Waals surface area contributed by atoms with E-state index in [9.17, 15) is 0 Å². The molecule has 0 saturated carbocycles. The van der Waals surface area contributed by atoms with Crippen molar-refractivity contribution in [2.75, 3.05) is 13.2 Å². The lowest BCUT2D eigenvalue weighted by atomic mass is 9.96. The maximum absolute atomic E-state index is 6.59. The van der Waals surface area contributed by atoms with E-state index in [-0.39, 0.29) is 10.4 Å². The summed E-state index contributed by atoms with van der Waals surface area (Å²) in [5.74, 6) is 0. The molecule has 2 aliphatic heterocycles. The molecule has 19 heavy (non-hydrogen) atoms. The summed E-state index contributed by atoms with van der Waals surface area (Å²) in [5.41, 5.74) is 0. The van der Waals surface area contributed by atoms with E-state index in [2.05, 4.69) is 26.6 Å². The molecule has 2 aliphatic rings. The van der Waals surface area contributed by atoms with Gasteiger partial charge >= 0.3 is 0 Å². The van der Waals surface area contributed by atoms with Crippen LogP contribution in [0.3, 0.4) is 0 Å². The molecule has 0 aromatic carbocycles. The van der Waals surface area contributed by atoms with Gasteiger partial charge in [-0.15, -0.1) is 0 Å². The Morgan fingerprint density at radius 2 is 1.37 bits per heavy atom. The van der Waals surface area contributed by atoms with E-state index in [1.54, 1.807) is 0 Å². The summed E-state index contributed by atoms with van der Waals surface area (Å²) in [4.78, 5) is 0. The van der Waals surface area contributed by atoms with Gasteiger partial charge in [-0.25, -0.2) is 0 Å². The number of rotatable bonds is 4. The largest absolute Gasteiger partial charge is 0.376 e. The van der Waals surface area contributed by atoms with Gasteiger partial charge in [-0.2, -0.15) is 0 Å². The summed E-state index contributed by atoms with van der Waals surface area (Å²) in [6, 6.07) is 1.34. The molecule has 0 aromatic heterocycles. The Kier molecular flexibility index (Phi) is 5.31. The van der Waals surface area contributed by atoms with Crippen molar-refractivity contribution in [1.82, 2.24) is 0 Å². The van der Waals surface area contributed by atoms with Crippen molar-refractivity contribution in [2.24, 2.45) is 0 Å². The monoisotopic (exact) mass is 300 g/mol. The lowest BCUT2D eigenvalue weighted by Crippen LogP contribution is -2.71. The van der Waals surface area contributed by atoms with E-state index in [0.717, 1.165) is 13.2 Å². The van der Waals surface area contributed by atoms with Gasteiger partial charge in [0.05, 0.1) is 28.0 Å². The molecule has 0 radical (unpaired) electrons. The first-order valence-electron chi connectivity index (χ1n) is 8.37. The minimum absolute atomic E-state index is 0.146. The van der Waals surface area contributed by atoms with Crippen molar-refractivity contribution in [1.29, 1.82) is 0 Å². The molecule has 2 heterocycles. The van der Waals surface area contributed by atoms with Crippen LogP contribution in [-0.4, -0.2) is 41.3 Å². The normalized spacial score (nSPS) is 38.4. The number of ether oxygens (including phenoxy) is 2. The molecule has 2 fully saturated rings. The van der Waals surface area contributed by atoms with Gasteiger partial charge in [0.25, 0.3) is 0 Å². The summed E-state index contributed by atoms with van der Waals surface area (Å²) < 4.78 is 13.2. The van der Waals surface area contributed by atoms with Crippen molar-refractivity contribution in [2.45, 2.75) is 81.6 Å². The molecular weight excluding hydrogens is 268 g/mol. The van der Waals surface area contributed by atoms with E-state index in [0.29, 0.717) is 0 Å². The number of hydrogen-bond donors (Lipinski definition) is 0. The zero-order valence-electron chi connectivity index (χ0n) is 13.3. The third kappa shape index (κ3) is 2.61. The van der Waals surface area contributed by atoms with Crippen LogP contribution in [0.1, 0.15) is 45.4 Å². The first-order chi connectivity index (χ1) is 9.09. The van der Waals surface area contributed by atoms with Crippen LogP contribution in [0.15, 0.2) is 0 Å². The average Bonchev–Trinajstić information content (AvgIpc) is 2.47. The summed E-state index contributed by atoms with van der Waals surface area (Å²) in [6.07, 6.45) is 7.75. The van der Waals surface area contributed by atoms with E-state index < -0.39 is 17.6 Å². The molecule has 0 bridgehead atoms. The van der Waals surface area contributed by atoms with E-state index in [1.165, 1.54) is 44.6 Å². The zero-order valence-corrected chi connectivity index (χ0v) is 15.6. The Labute approximate surface area is 122 Å². The second-order valence-electron chi connectivity index (χ2n) is 6.85. The Bertz CT molecular complexity index is 282. The maximum Gasteiger partial charge on any atom is 0.0800 e. The lowest BCUT2D eigenvalue weighted by molar-refractivity contribution is -0.164. The maximum atomic E-state index is 6.59. The Hall–Kier alpha value is 0.354. The molecule has 0 amide bonds. The summed E-state index contributed by atoms with van der Waals surface area (Å²) >= 11 is 0. The number of hydrogen-bond acceptors (Lipinski definition) is 2. The highest BCUT2D eigenvalue weighted by Crippen LogP contribution is 2.46. The first-order valence-corrected chi connectivity index (χ1v) is 13.8. The molecule has 0 spiro atoms. The van der Waals surface area contributed by atoms with Crippen molar-refractivity contribution in [3.63, 3.8) is 0 Å². The standard InChI is InChI=1S/C15H32O2Si2/c1-5-19(4)15(11-7-9-13-17-15)14(18(2)3)10-6-8-12-16-14/h18-19H,5-13H2,1-4H3. The zero-order chi connectivity index (χ0) is 13.9. The van der Waals surface area contributed by atoms with Gasteiger partial charge in [0.1, 0.15) is 0 Å². The van der Waals surface area contributed by atoms with Gasteiger partial charge < -0.3 is 9.47 Å². The summed E-state index contributed by atoms with van der Waals surface area (Å²) in [7, 11) is -1.82. The first kappa shape index (κ1) is 15.7. The van der Waals surface area contributed by atoms with E-state index in [1.807, 2.05) is 0 Å². The average molecular weight is 301 g/mol. The third-order valence-corrected chi connectivity index (χ3v) is 12.6. The Morgan fingerprint density at radius 1 is 0.842 bits per heavy atom. The van der Waals surface area contributed by atoms with Gasteiger partial charge in [-0.05, 0) is 38.5 Å². The Balaban J connectivity index is 2.37. The lowest BCUT2D eigenvalue weighted by Gasteiger charge is -2.58. The van der Waals surface area contributed by atoms with Gasteiger partial charge in [0.15, 0.2) is 0 Å². The van der Waals surface area contributed by atoms with Gasteiger partial charge in [0.2, 0.25) is 0 Å². The quantitative estimate of drug-likeness (QED) is 0.742. The highest BCUT2D eigenvalue weighted by Gasteiger charge is 2.58. The fourth-order valence-corrected chi connectivity index (χ4v) is 11.5. The molecule has 2 rings (SSSR count). The van der Waals surface area contributed by atoms with E-state index >= 15 is 0 Å².